The minimum atomic E-state index is -1.07. The monoisotopic (exact) mass is 383 g/mol. The number of imidazole rings is 1. The third-order valence-corrected chi connectivity index (χ3v) is 5.03. The SMILES string of the molecule is Cc1nc2ccc(C(=O)NCC3(O)CCCN(c4ccc(F)cn4)C3)cc2[nH]1. The van der Waals surface area contributed by atoms with Gasteiger partial charge < -0.3 is 20.3 Å². The molecular weight excluding hydrogens is 361 g/mol. The lowest BCUT2D eigenvalue weighted by Gasteiger charge is -2.39. The van der Waals surface area contributed by atoms with Gasteiger partial charge in [-0.1, -0.05) is 0 Å². The Labute approximate surface area is 161 Å². The van der Waals surface area contributed by atoms with Crippen molar-refractivity contribution in [3.63, 3.8) is 0 Å². The number of hydrogen-bond donors (Lipinski definition) is 3. The molecule has 28 heavy (non-hydrogen) atoms. The van der Waals surface area contributed by atoms with E-state index < -0.39 is 11.4 Å². The number of nitrogens with zero attached hydrogens (tertiary/aromatic N) is 3. The molecule has 0 spiro atoms. The highest BCUT2D eigenvalue weighted by atomic mass is 19.1. The van der Waals surface area contributed by atoms with Gasteiger partial charge in [-0.2, -0.15) is 0 Å². The number of aromatic amines is 1. The summed E-state index contributed by atoms with van der Waals surface area (Å²) in [4.78, 5) is 26.0. The summed E-state index contributed by atoms with van der Waals surface area (Å²) in [6, 6.07) is 8.22. The van der Waals surface area contributed by atoms with Crippen LogP contribution in [0.4, 0.5) is 10.2 Å². The zero-order chi connectivity index (χ0) is 19.7. The smallest absolute Gasteiger partial charge is 0.251 e. The van der Waals surface area contributed by atoms with Crippen LogP contribution in [0, 0.1) is 12.7 Å². The fourth-order valence-electron chi connectivity index (χ4n) is 3.63. The number of H-pyrrole nitrogens is 1. The summed E-state index contributed by atoms with van der Waals surface area (Å²) in [7, 11) is 0. The van der Waals surface area contributed by atoms with Gasteiger partial charge in [-0.05, 0) is 50.1 Å². The Bertz CT molecular complexity index is 1000. The summed E-state index contributed by atoms with van der Waals surface area (Å²) in [5.41, 5.74) is 1.05. The number of rotatable bonds is 4. The number of anilines is 1. The van der Waals surface area contributed by atoms with E-state index in [4.69, 9.17) is 0 Å². The Balaban J connectivity index is 1.42. The van der Waals surface area contributed by atoms with Crippen LogP contribution >= 0.6 is 0 Å². The van der Waals surface area contributed by atoms with Crippen LogP contribution in [0.15, 0.2) is 36.5 Å². The van der Waals surface area contributed by atoms with Gasteiger partial charge in [0.2, 0.25) is 0 Å². The number of piperidine rings is 1. The number of amides is 1. The molecular formula is C20H22FN5O2. The number of nitrogens with one attached hydrogen (secondary N) is 2. The topological polar surface area (TPSA) is 94.1 Å². The quantitative estimate of drug-likeness (QED) is 0.642. The number of benzene rings is 1. The van der Waals surface area contributed by atoms with Crippen molar-refractivity contribution in [2.24, 2.45) is 0 Å². The summed E-state index contributed by atoms with van der Waals surface area (Å²) < 4.78 is 13.1. The number of pyridine rings is 1. The van der Waals surface area contributed by atoms with E-state index in [1.165, 1.54) is 6.07 Å². The van der Waals surface area contributed by atoms with Gasteiger partial charge in [-0.3, -0.25) is 4.79 Å². The van der Waals surface area contributed by atoms with E-state index in [-0.39, 0.29) is 12.5 Å². The molecule has 4 rings (SSSR count). The van der Waals surface area contributed by atoms with Crippen LogP contribution in [0.25, 0.3) is 11.0 Å². The van der Waals surface area contributed by atoms with Crippen LogP contribution in [-0.4, -0.2) is 51.2 Å². The molecule has 3 aromatic rings. The number of aliphatic hydroxyl groups is 1. The lowest BCUT2D eigenvalue weighted by molar-refractivity contribution is 0.0254. The molecule has 1 aliphatic heterocycles. The van der Waals surface area contributed by atoms with E-state index in [9.17, 15) is 14.3 Å². The molecule has 1 saturated heterocycles. The van der Waals surface area contributed by atoms with E-state index in [2.05, 4.69) is 20.3 Å². The molecule has 1 atom stereocenters. The third kappa shape index (κ3) is 3.82. The molecule has 3 N–H and O–H groups in total. The van der Waals surface area contributed by atoms with E-state index >= 15 is 0 Å². The largest absolute Gasteiger partial charge is 0.386 e. The summed E-state index contributed by atoms with van der Waals surface area (Å²) in [5.74, 6) is 0.761. The van der Waals surface area contributed by atoms with E-state index in [0.29, 0.717) is 24.3 Å². The number of fused-ring (bicyclic) bond motifs is 1. The molecule has 0 bridgehead atoms. The lowest BCUT2D eigenvalue weighted by atomic mass is 9.92. The normalized spacial score (nSPS) is 19.8. The van der Waals surface area contributed by atoms with Crippen LogP contribution in [-0.2, 0) is 0 Å². The molecule has 7 nitrogen and oxygen atoms in total. The van der Waals surface area contributed by atoms with Gasteiger partial charge >= 0.3 is 0 Å². The van der Waals surface area contributed by atoms with Crippen LogP contribution in [0.5, 0.6) is 0 Å². The van der Waals surface area contributed by atoms with Crippen molar-refractivity contribution < 1.29 is 14.3 Å². The Morgan fingerprint density at radius 1 is 1.39 bits per heavy atom. The Morgan fingerprint density at radius 3 is 3.04 bits per heavy atom. The van der Waals surface area contributed by atoms with Crippen LogP contribution in [0.3, 0.4) is 0 Å². The van der Waals surface area contributed by atoms with Crippen molar-refractivity contribution >= 4 is 22.8 Å². The first kappa shape index (κ1) is 18.4. The number of carbonyl (C=O) groups is 1. The fraction of sp³-hybridized carbons (Fsp3) is 0.350. The highest BCUT2D eigenvalue weighted by Gasteiger charge is 2.34. The van der Waals surface area contributed by atoms with Gasteiger partial charge in [0.15, 0.2) is 0 Å². The summed E-state index contributed by atoms with van der Waals surface area (Å²) in [6.07, 6.45) is 2.49. The maximum Gasteiger partial charge on any atom is 0.251 e. The molecule has 1 aromatic carbocycles. The fourth-order valence-corrected chi connectivity index (χ4v) is 3.63. The number of halogens is 1. The number of β-amino-alcohol motifs (C(OH)–C–C–N with tert-alkyl or cyclic N) is 1. The molecule has 1 fully saturated rings. The molecule has 1 amide bonds. The van der Waals surface area contributed by atoms with Crippen molar-refractivity contribution in [1.82, 2.24) is 20.3 Å². The second kappa shape index (κ2) is 7.20. The predicted octanol–water partition coefficient (Wildman–Crippen LogP) is 2.17. The molecule has 3 heterocycles. The zero-order valence-corrected chi connectivity index (χ0v) is 15.6. The van der Waals surface area contributed by atoms with Gasteiger partial charge in [-0.25, -0.2) is 14.4 Å². The average molecular weight is 383 g/mol. The van der Waals surface area contributed by atoms with Gasteiger partial charge in [0.1, 0.15) is 17.5 Å². The van der Waals surface area contributed by atoms with Crippen LogP contribution < -0.4 is 10.2 Å². The predicted molar refractivity (Wildman–Crippen MR) is 104 cm³/mol. The summed E-state index contributed by atoms with van der Waals surface area (Å²) >= 11 is 0. The molecule has 1 aliphatic rings. The van der Waals surface area contributed by atoms with Gasteiger partial charge in [0.25, 0.3) is 5.91 Å². The maximum absolute atomic E-state index is 13.1. The number of hydrogen-bond acceptors (Lipinski definition) is 5. The van der Waals surface area contributed by atoms with E-state index in [1.54, 1.807) is 24.3 Å². The molecule has 0 radical (unpaired) electrons. The van der Waals surface area contributed by atoms with Crippen molar-refractivity contribution in [2.75, 3.05) is 24.5 Å². The number of aryl methyl sites for hydroxylation is 1. The zero-order valence-electron chi connectivity index (χ0n) is 15.6. The van der Waals surface area contributed by atoms with Crippen molar-refractivity contribution in [3.05, 3.63) is 53.7 Å². The Morgan fingerprint density at radius 2 is 2.25 bits per heavy atom. The highest BCUT2D eigenvalue weighted by molar-refractivity contribution is 5.97. The molecule has 1 unspecified atom stereocenters. The van der Waals surface area contributed by atoms with E-state index in [0.717, 1.165) is 36.0 Å². The van der Waals surface area contributed by atoms with Gasteiger partial charge in [0.05, 0.1) is 22.8 Å². The molecule has 0 aliphatic carbocycles. The highest BCUT2D eigenvalue weighted by Crippen LogP contribution is 2.24. The number of aromatic nitrogens is 3. The van der Waals surface area contributed by atoms with Gasteiger partial charge in [-0.15, -0.1) is 0 Å². The van der Waals surface area contributed by atoms with Crippen molar-refractivity contribution in [3.8, 4) is 0 Å². The first-order valence-corrected chi connectivity index (χ1v) is 9.25. The molecule has 2 aromatic heterocycles. The average Bonchev–Trinajstić information content (AvgIpc) is 3.06. The van der Waals surface area contributed by atoms with E-state index in [1.807, 2.05) is 11.8 Å². The van der Waals surface area contributed by atoms with Gasteiger partial charge in [0, 0.05) is 25.2 Å². The minimum Gasteiger partial charge on any atom is -0.386 e. The standard InChI is InChI=1S/C20H22FN5O2/c1-13-24-16-5-3-14(9-17(16)25-13)19(27)23-11-20(28)7-2-8-26(12-20)18-6-4-15(21)10-22-18/h3-6,9-10,28H,2,7-8,11-12H2,1H3,(H,23,27)(H,24,25). The van der Waals surface area contributed by atoms with Crippen molar-refractivity contribution in [2.45, 2.75) is 25.4 Å². The summed E-state index contributed by atoms with van der Waals surface area (Å²) in [6.45, 7) is 3.04. The van der Waals surface area contributed by atoms with Crippen molar-refractivity contribution in [1.29, 1.82) is 0 Å². The molecule has 8 heteroatoms. The number of carbonyl (C=O) groups excluding carboxylic acids is 1. The molecule has 146 valence electrons. The van der Waals surface area contributed by atoms with Crippen LogP contribution in [0.2, 0.25) is 0 Å². The second-order valence-corrected chi connectivity index (χ2v) is 7.32. The Hall–Kier alpha value is -3.00. The molecule has 0 saturated carbocycles. The second-order valence-electron chi connectivity index (χ2n) is 7.32. The maximum atomic E-state index is 13.1. The first-order valence-electron chi connectivity index (χ1n) is 9.25. The lowest BCUT2D eigenvalue weighted by Crippen LogP contribution is -2.54. The first-order chi connectivity index (χ1) is 13.4. The summed E-state index contributed by atoms with van der Waals surface area (Å²) in [5, 5.41) is 13.8. The van der Waals surface area contributed by atoms with Crippen LogP contribution in [0.1, 0.15) is 29.0 Å². The third-order valence-electron chi connectivity index (χ3n) is 5.03. The Kier molecular flexibility index (Phi) is 4.72. The minimum absolute atomic E-state index is 0.129.